The van der Waals surface area contributed by atoms with Crippen LogP contribution in [-0.2, 0) is 10.9 Å². The molecule has 0 amide bonds. The molecule has 1 aromatic rings. The smallest absolute Gasteiger partial charge is 0.394 e. The molecule has 0 saturated carbocycles. The van der Waals surface area contributed by atoms with Crippen LogP contribution in [-0.4, -0.2) is 36.5 Å². The summed E-state index contributed by atoms with van der Waals surface area (Å²) >= 11 is 0.893. The number of hydrogen-bond acceptors (Lipinski definition) is 5. The number of thiazole rings is 1. The fraction of sp³-hybridized carbons (Fsp3) is 0.625. The Bertz CT molecular complexity index is 316. The maximum absolute atomic E-state index is 12.2. The summed E-state index contributed by atoms with van der Waals surface area (Å²) in [4.78, 5) is 3.38. The first-order valence-electron chi connectivity index (χ1n) is 4.49. The molecule has 1 heterocycles. The van der Waals surface area contributed by atoms with Gasteiger partial charge in [0.1, 0.15) is 0 Å². The van der Waals surface area contributed by atoms with E-state index in [1.165, 1.54) is 0 Å². The van der Waals surface area contributed by atoms with E-state index in [2.05, 4.69) is 10.3 Å². The molecule has 0 unspecified atom stereocenters. The number of hydrogen-bond donors (Lipinski definition) is 2. The zero-order chi connectivity index (χ0) is 12.0. The SMILES string of the molecule is OCCOCCNc1nc(C(F)(F)F)cs1. The number of rotatable bonds is 6. The van der Waals surface area contributed by atoms with E-state index < -0.39 is 11.9 Å². The van der Waals surface area contributed by atoms with Crippen molar-refractivity contribution in [2.24, 2.45) is 0 Å². The summed E-state index contributed by atoms with van der Waals surface area (Å²) in [6, 6.07) is 0. The molecule has 0 atom stereocenters. The van der Waals surface area contributed by atoms with Crippen molar-refractivity contribution in [1.82, 2.24) is 4.98 Å². The molecule has 2 N–H and O–H groups in total. The molecular weight excluding hydrogens is 245 g/mol. The molecule has 16 heavy (non-hydrogen) atoms. The van der Waals surface area contributed by atoms with Crippen molar-refractivity contribution in [3.05, 3.63) is 11.1 Å². The third-order valence-corrected chi connectivity index (χ3v) is 2.35. The second kappa shape index (κ2) is 6.02. The lowest BCUT2D eigenvalue weighted by Gasteiger charge is -2.03. The summed E-state index contributed by atoms with van der Waals surface area (Å²) in [5.74, 6) is 0. The van der Waals surface area contributed by atoms with E-state index in [9.17, 15) is 13.2 Å². The van der Waals surface area contributed by atoms with Crippen molar-refractivity contribution < 1.29 is 23.0 Å². The van der Waals surface area contributed by atoms with E-state index in [-0.39, 0.29) is 18.3 Å². The van der Waals surface area contributed by atoms with Gasteiger partial charge in [-0.15, -0.1) is 11.3 Å². The molecule has 0 aliphatic rings. The molecule has 0 aliphatic heterocycles. The lowest BCUT2D eigenvalue weighted by atomic mass is 10.5. The molecule has 0 aromatic carbocycles. The Morgan fingerprint density at radius 3 is 2.75 bits per heavy atom. The molecule has 8 heteroatoms. The third-order valence-electron chi connectivity index (χ3n) is 1.55. The molecule has 0 aliphatic carbocycles. The Kier molecular flexibility index (Phi) is 4.97. The highest BCUT2D eigenvalue weighted by Crippen LogP contribution is 2.31. The van der Waals surface area contributed by atoms with Gasteiger partial charge < -0.3 is 15.2 Å². The summed E-state index contributed by atoms with van der Waals surface area (Å²) in [5.41, 5.74) is -0.892. The average molecular weight is 256 g/mol. The van der Waals surface area contributed by atoms with Crippen molar-refractivity contribution in [2.75, 3.05) is 31.7 Å². The zero-order valence-corrected chi connectivity index (χ0v) is 9.07. The molecule has 1 aromatic heterocycles. The third kappa shape index (κ3) is 4.33. The number of aliphatic hydroxyl groups excluding tert-OH is 1. The Hall–Kier alpha value is -0.860. The number of halogens is 3. The van der Waals surface area contributed by atoms with E-state index in [4.69, 9.17) is 9.84 Å². The minimum absolute atomic E-state index is 0.0739. The second-order valence-corrected chi connectivity index (χ2v) is 3.66. The van der Waals surface area contributed by atoms with Gasteiger partial charge in [0.25, 0.3) is 0 Å². The number of ether oxygens (including phenoxy) is 1. The molecule has 0 bridgehead atoms. The molecule has 0 saturated heterocycles. The van der Waals surface area contributed by atoms with Gasteiger partial charge in [0, 0.05) is 11.9 Å². The van der Waals surface area contributed by atoms with Crippen molar-refractivity contribution in [1.29, 1.82) is 0 Å². The van der Waals surface area contributed by atoms with E-state index in [1.807, 2.05) is 0 Å². The molecule has 0 fully saturated rings. The van der Waals surface area contributed by atoms with Crippen LogP contribution in [0.5, 0.6) is 0 Å². The number of anilines is 1. The van der Waals surface area contributed by atoms with Gasteiger partial charge in [-0.3, -0.25) is 0 Å². The largest absolute Gasteiger partial charge is 0.434 e. The van der Waals surface area contributed by atoms with Gasteiger partial charge in [0.05, 0.1) is 19.8 Å². The van der Waals surface area contributed by atoms with Crippen LogP contribution in [0.3, 0.4) is 0 Å². The Morgan fingerprint density at radius 1 is 1.44 bits per heavy atom. The first-order chi connectivity index (χ1) is 7.54. The predicted molar refractivity (Wildman–Crippen MR) is 53.5 cm³/mol. The Morgan fingerprint density at radius 2 is 2.19 bits per heavy atom. The van der Waals surface area contributed by atoms with Crippen LogP contribution in [0.2, 0.25) is 0 Å². The molecule has 0 spiro atoms. The van der Waals surface area contributed by atoms with Crippen molar-refractivity contribution in [3.63, 3.8) is 0 Å². The van der Waals surface area contributed by atoms with Gasteiger partial charge in [0.15, 0.2) is 10.8 Å². The van der Waals surface area contributed by atoms with Gasteiger partial charge in [-0.1, -0.05) is 0 Å². The summed E-state index contributed by atoms with van der Waals surface area (Å²) in [6.07, 6.45) is -4.40. The second-order valence-electron chi connectivity index (χ2n) is 2.80. The maximum Gasteiger partial charge on any atom is 0.434 e. The molecule has 4 nitrogen and oxygen atoms in total. The normalized spacial score (nSPS) is 11.8. The van der Waals surface area contributed by atoms with Crippen LogP contribution in [0.25, 0.3) is 0 Å². The summed E-state index contributed by atoms with van der Waals surface area (Å²) in [6.45, 7) is 0.801. The van der Waals surface area contributed by atoms with E-state index in [0.29, 0.717) is 13.2 Å². The number of nitrogens with zero attached hydrogens (tertiary/aromatic N) is 1. The topological polar surface area (TPSA) is 54.4 Å². The van der Waals surface area contributed by atoms with Gasteiger partial charge >= 0.3 is 6.18 Å². The molecule has 0 radical (unpaired) electrons. The maximum atomic E-state index is 12.2. The van der Waals surface area contributed by atoms with Crippen molar-refractivity contribution in [3.8, 4) is 0 Å². The van der Waals surface area contributed by atoms with Crippen molar-refractivity contribution >= 4 is 16.5 Å². The number of alkyl halides is 3. The standard InChI is InChI=1S/C8H11F3N2O2S/c9-8(10,11)6-5-16-7(13-6)12-1-3-15-4-2-14/h5,14H,1-4H2,(H,12,13). The Balaban J connectivity index is 2.30. The van der Waals surface area contributed by atoms with E-state index in [0.717, 1.165) is 16.7 Å². The molecule has 1 rings (SSSR count). The number of nitrogens with one attached hydrogen (secondary N) is 1. The lowest BCUT2D eigenvalue weighted by molar-refractivity contribution is -0.140. The van der Waals surface area contributed by atoms with E-state index >= 15 is 0 Å². The van der Waals surface area contributed by atoms with Crippen LogP contribution in [0, 0.1) is 0 Å². The highest BCUT2D eigenvalue weighted by Gasteiger charge is 2.33. The molecule has 92 valence electrons. The number of aromatic nitrogens is 1. The minimum Gasteiger partial charge on any atom is -0.394 e. The van der Waals surface area contributed by atoms with Crippen LogP contribution < -0.4 is 5.32 Å². The zero-order valence-electron chi connectivity index (χ0n) is 8.25. The first kappa shape index (κ1) is 13.2. The molecular formula is C8H11F3N2O2S. The quantitative estimate of drug-likeness (QED) is 0.759. The predicted octanol–water partition coefficient (Wildman–Crippen LogP) is 1.58. The highest BCUT2D eigenvalue weighted by atomic mass is 32.1. The minimum atomic E-state index is -4.40. The number of aliphatic hydroxyl groups is 1. The van der Waals surface area contributed by atoms with E-state index in [1.54, 1.807) is 0 Å². The van der Waals surface area contributed by atoms with Gasteiger partial charge in [-0.05, 0) is 0 Å². The van der Waals surface area contributed by atoms with Crippen LogP contribution in [0.15, 0.2) is 5.38 Å². The summed E-state index contributed by atoms with van der Waals surface area (Å²) < 4.78 is 41.4. The first-order valence-corrected chi connectivity index (χ1v) is 5.37. The monoisotopic (exact) mass is 256 g/mol. The van der Waals surface area contributed by atoms with Crippen LogP contribution in [0.1, 0.15) is 5.69 Å². The highest BCUT2D eigenvalue weighted by molar-refractivity contribution is 7.13. The fourth-order valence-corrected chi connectivity index (χ4v) is 1.63. The van der Waals surface area contributed by atoms with Gasteiger partial charge in [0.2, 0.25) is 0 Å². The lowest BCUT2D eigenvalue weighted by Crippen LogP contribution is -2.11. The fourth-order valence-electron chi connectivity index (χ4n) is 0.882. The Labute approximate surface area is 94.1 Å². The van der Waals surface area contributed by atoms with Crippen molar-refractivity contribution in [2.45, 2.75) is 6.18 Å². The summed E-state index contributed by atoms with van der Waals surface area (Å²) in [5, 5.41) is 12.3. The van der Waals surface area contributed by atoms with Crippen LogP contribution in [0.4, 0.5) is 18.3 Å². The van der Waals surface area contributed by atoms with Crippen LogP contribution >= 0.6 is 11.3 Å². The average Bonchev–Trinajstić information content (AvgIpc) is 2.65. The summed E-state index contributed by atoms with van der Waals surface area (Å²) in [7, 11) is 0. The van der Waals surface area contributed by atoms with Gasteiger partial charge in [-0.2, -0.15) is 13.2 Å². The van der Waals surface area contributed by atoms with Gasteiger partial charge in [-0.25, -0.2) is 4.98 Å².